The molecule has 2 N–H and O–H groups in total. The highest BCUT2D eigenvalue weighted by atomic mass is 32.2. The Labute approximate surface area is 191 Å². The fourth-order valence-electron chi connectivity index (χ4n) is 3.22. The summed E-state index contributed by atoms with van der Waals surface area (Å²) < 4.78 is 32.2. The number of sulfonamides is 1. The molecule has 1 saturated heterocycles. The number of ether oxygens (including phenoxy) is 1. The Morgan fingerprint density at radius 1 is 1.06 bits per heavy atom. The average Bonchev–Trinajstić information content (AvgIpc) is 2.84. The number of nitrogens with zero attached hydrogens (tertiary/aromatic N) is 2. The Kier molecular flexibility index (Phi) is 6.66. The molecule has 4 rings (SSSR count). The number of carbonyl (C=O) groups is 2. The lowest BCUT2D eigenvalue weighted by molar-refractivity contribution is -0.122. The molecule has 0 spiro atoms. The Morgan fingerprint density at radius 3 is 2.48 bits per heavy atom. The monoisotopic (exact) mass is 466 g/mol. The van der Waals surface area contributed by atoms with Crippen molar-refractivity contribution in [3.05, 3.63) is 84.1 Å². The van der Waals surface area contributed by atoms with Gasteiger partial charge in [-0.2, -0.15) is 4.31 Å². The van der Waals surface area contributed by atoms with Gasteiger partial charge in [0.05, 0.1) is 23.3 Å². The maximum atomic E-state index is 12.7. The first-order valence-corrected chi connectivity index (χ1v) is 11.7. The van der Waals surface area contributed by atoms with Gasteiger partial charge >= 0.3 is 0 Å². The number of hydrogen-bond donors (Lipinski definition) is 2. The largest absolute Gasteiger partial charge is 0.473 e. The lowest BCUT2D eigenvalue weighted by atomic mass is 10.2. The number of hydrogen-bond acceptors (Lipinski definition) is 6. The van der Waals surface area contributed by atoms with Crippen molar-refractivity contribution in [1.29, 1.82) is 0 Å². The third kappa shape index (κ3) is 5.54. The third-order valence-electron chi connectivity index (χ3n) is 4.98. The highest BCUT2D eigenvalue weighted by Gasteiger charge is 2.29. The van der Waals surface area contributed by atoms with E-state index in [1.165, 1.54) is 30.5 Å². The van der Waals surface area contributed by atoms with Crippen LogP contribution in [0.15, 0.2) is 77.8 Å². The second-order valence-electron chi connectivity index (χ2n) is 7.33. The summed E-state index contributed by atoms with van der Waals surface area (Å²) in [6, 6.07) is 18.6. The van der Waals surface area contributed by atoms with Gasteiger partial charge in [-0.15, -0.1) is 0 Å². The van der Waals surface area contributed by atoms with Gasteiger partial charge < -0.3 is 15.4 Å². The SMILES string of the molecule is O=C1CN(S(=O)(=O)c2ccc(C(=O)Nc3ccc(OCc4ccccc4)nc3)cc2)CCN1. The van der Waals surface area contributed by atoms with E-state index in [4.69, 9.17) is 4.74 Å². The van der Waals surface area contributed by atoms with E-state index in [0.29, 0.717) is 18.2 Å². The lowest BCUT2D eigenvalue weighted by Gasteiger charge is -2.25. The summed E-state index contributed by atoms with van der Waals surface area (Å²) >= 11 is 0. The van der Waals surface area contributed by atoms with Gasteiger partial charge in [-0.05, 0) is 35.9 Å². The van der Waals surface area contributed by atoms with E-state index in [1.807, 2.05) is 30.3 Å². The summed E-state index contributed by atoms with van der Waals surface area (Å²) in [5, 5.41) is 5.31. The molecule has 1 fully saturated rings. The van der Waals surface area contributed by atoms with E-state index in [2.05, 4.69) is 15.6 Å². The highest BCUT2D eigenvalue weighted by molar-refractivity contribution is 7.89. The molecule has 2 amide bonds. The van der Waals surface area contributed by atoms with Crippen LogP contribution < -0.4 is 15.4 Å². The van der Waals surface area contributed by atoms with Crippen molar-refractivity contribution in [2.24, 2.45) is 0 Å². The van der Waals surface area contributed by atoms with Crippen molar-refractivity contribution in [2.45, 2.75) is 11.5 Å². The number of amides is 2. The molecule has 0 aliphatic carbocycles. The minimum Gasteiger partial charge on any atom is -0.473 e. The van der Waals surface area contributed by atoms with Gasteiger partial charge in [-0.25, -0.2) is 13.4 Å². The predicted molar refractivity (Wildman–Crippen MR) is 121 cm³/mol. The van der Waals surface area contributed by atoms with Gasteiger partial charge in [0.2, 0.25) is 21.8 Å². The van der Waals surface area contributed by atoms with Gasteiger partial charge in [0.15, 0.2) is 0 Å². The Bertz CT molecular complexity index is 1230. The molecule has 0 saturated carbocycles. The quantitative estimate of drug-likeness (QED) is 0.550. The first kappa shape index (κ1) is 22.4. The van der Waals surface area contributed by atoms with Crippen molar-refractivity contribution in [1.82, 2.24) is 14.6 Å². The number of rotatable bonds is 7. The Hall–Kier alpha value is -3.76. The molecule has 2 aromatic carbocycles. The number of anilines is 1. The first-order chi connectivity index (χ1) is 15.9. The molecule has 1 aliphatic heterocycles. The molecule has 10 heteroatoms. The van der Waals surface area contributed by atoms with Crippen LogP contribution in [0.3, 0.4) is 0 Å². The molecule has 0 unspecified atom stereocenters. The van der Waals surface area contributed by atoms with E-state index in [0.717, 1.165) is 9.87 Å². The highest BCUT2D eigenvalue weighted by Crippen LogP contribution is 2.19. The fourth-order valence-corrected chi connectivity index (χ4v) is 4.62. The minimum atomic E-state index is -3.81. The zero-order chi connectivity index (χ0) is 23.3. The average molecular weight is 467 g/mol. The fraction of sp³-hybridized carbons (Fsp3) is 0.174. The number of carbonyl (C=O) groups excluding carboxylic acids is 2. The minimum absolute atomic E-state index is 0.0235. The zero-order valence-corrected chi connectivity index (χ0v) is 18.4. The van der Waals surface area contributed by atoms with E-state index >= 15 is 0 Å². The second kappa shape index (κ2) is 9.80. The van der Waals surface area contributed by atoms with E-state index in [9.17, 15) is 18.0 Å². The topological polar surface area (TPSA) is 118 Å². The summed E-state index contributed by atoms with van der Waals surface area (Å²) in [5.74, 6) is -0.320. The van der Waals surface area contributed by atoms with Crippen LogP contribution in [0, 0.1) is 0 Å². The maximum Gasteiger partial charge on any atom is 0.255 e. The molecule has 170 valence electrons. The van der Waals surface area contributed by atoms with E-state index in [1.54, 1.807) is 12.1 Å². The molecule has 1 aliphatic rings. The molecule has 0 radical (unpaired) electrons. The molecule has 3 aromatic rings. The van der Waals surface area contributed by atoms with Gasteiger partial charge in [-0.1, -0.05) is 30.3 Å². The van der Waals surface area contributed by atoms with Crippen molar-refractivity contribution < 1.29 is 22.7 Å². The Morgan fingerprint density at radius 2 is 1.82 bits per heavy atom. The molecular formula is C23H22N4O5S. The molecule has 0 atom stereocenters. The van der Waals surface area contributed by atoms with Gasteiger partial charge in [0.25, 0.3) is 5.91 Å². The van der Waals surface area contributed by atoms with Crippen LogP contribution in [0.1, 0.15) is 15.9 Å². The van der Waals surface area contributed by atoms with Gasteiger partial charge in [-0.3, -0.25) is 9.59 Å². The Balaban J connectivity index is 1.36. The number of pyridine rings is 1. The third-order valence-corrected chi connectivity index (χ3v) is 6.84. The first-order valence-electron chi connectivity index (χ1n) is 10.2. The lowest BCUT2D eigenvalue weighted by Crippen LogP contribution is -2.49. The second-order valence-corrected chi connectivity index (χ2v) is 9.26. The molecule has 1 aromatic heterocycles. The normalized spacial score (nSPS) is 14.4. The standard InChI is InChI=1S/C23H22N4O5S/c28-21-15-27(13-12-24-21)33(30,31)20-9-6-18(7-10-20)23(29)26-19-8-11-22(25-14-19)32-16-17-4-2-1-3-5-17/h1-11,14H,12-13,15-16H2,(H,24,28)(H,26,29). The number of piperazine rings is 1. The molecule has 33 heavy (non-hydrogen) atoms. The summed E-state index contributed by atoms with van der Waals surface area (Å²) in [4.78, 5) is 28.3. The zero-order valence-electron chi connectivity index (χ0n) is 17.6. The molecule has 9 nitrogen and oxygen atoms in total. The van der Waals surface area contributed by atoms with Crippen LogP contribution in [0.4, 0.5) is 5.69 Å². The molecule has 2 heterocycles. The summed E-state index contributed by atoms with van der Waals surface area (Å²) in [6.45, 7) is 0.635. The number of nitrogens with one attached hydrogen (secondary N) is 2. The van der Waals surface area contributed by atoms with Crippen LogP contribution in [0.5, 0.6) is 5.88 Å². The maximum absolute atomic E-state index is 12.7. The van der Waals surface area contributed by atoms with Gasteiger partial charge in [0, 0.05) is 24.7 Å². The van der Waals surface area contributed by atoms with E-state index < -0.39 is 15.9 Å². The van der Waals surface area contributed by atoms with Crippen LogP contribution in [0.2, 0.25) is 0 Å². The van der Waals surface area contributed by atoms with Crippen molar-refractivity contribution in [2.75, 3.05) is 25.0 Å². The smallest absolute Gasteiger partial charge is 0.255 e. The van der Waals surface area contributed by atoms with Crippen LogP contribution in [0.25, 0.3) is 0 Å². The predicted octanol–water partition coefficient (Wildman–Crippen LogP) is 2.03. The van der Waals surface area contributed by atoms with Crippen LogP contribution in [-0.4, -0.2) is 49.2 Å². The number of benzene rings is 2. The summed E-state index contributed by atoms with van der Waals surface area (Å²) in [5.41, 5.74) is 1.78. The molecule has 0 bridgehead atoms. The van der Waals surface area contributed by atoms with Crippen LogP contribution >= 0.6 is 0 Å². The van der Waals surface area contributed by atoms with Crippen molar-refractivity contribution in [3.8, 4) is 5.88 Å². The number of aromatic nitrogens is 1. The van der Waals surface area contributed by atoms with Gasteiger partial charge in [0.1, 0.15) is 6.61 Å². The summed E-state index contributed by atoms with van der Waals surface area (Å²) in [6.07, 6.45) is 1.48. The van der Waals surface area contributed by atoms with Crippen molar-refractivity contribution >= 4 is 27.5 Å². The summed E-state index contributed by atoms with van der Waals surface area (Å²) in [7, 11) is -3.81. The van der Waals surface area contributed by atoms with Crippen molar-refractivity contribution in [3.63, 3.8) is 0 Å². The molecular weight excluding hydrogens is 444 g/mol. The van der Waals surface area contributed by atoms with Crippen LogP contribution in [-0.2, 0) is 21.4 Å². The van der Waals surface area contributed by atoms with E-state index in [-0.39, 0.29) is 36.0 Å².